The van der Waals surface area contributed by atoms with Crippen LogP contribution in [0.2, 0.25) is 0 Å². The molecule has 1 aromatic heterocycles. The van der Waals surface area contributed by atoms with E-state index >= 15 is 0 Å². The van der Waals surface area contributed by atoms with Gasteiger partial charge < -0.3 is 14.5 Å². The Balaban J connectivity index is 1.78. The molecule has 0 bridgehead atoms. The average Bonchev–Trinajstić information content (AvgIpc) is 3.19. The molecule has 1 aliphatic heterocycles. The summed E-state index contributed by atoms with van der Waals surface area (Å²) in [7, 11) is 0. The Morgan fingerprint density at radius 2 is 2.03 bits per heavy atom. The lowest BCUT2D eigenvalue weighted by Gasteiger charge is -2.37. The first-order valence-corrected chi connectivity index (χ1v) is 11.1. The molecule has 1 aromatic carbocycles. The highest BCUT2D eigenvalue weighted by Crippen LogP contribution is 2.34. The summed E-state index contributed by atoms with van der Waals surface area (Å²) >= 11 is 1.74. The highest BCUT2D eigenvalue weighted by molar-refractivity contribution is 7.10. The highest BCUT2D eigenvalue weighted by atomic mass is 32.1. The number of para-hydroxylation sites is 1. The summed E-state index contributed by atoms with van der Waals surface area (Å²) in [6.07, 6.45) is 0.851. The van der Waals surface area contributed by atoms with Crippen LogP contribution in [0.5, 0.6) is 5.75 Å². The van der Waals surface area contributed by atoms with Crippen LogP contribution in [0.1, 0.15) is 42.8 Å². The molecule has 0 saturated heterocycles. The number of nitrogens with zero attached hydrogens (tertiary/aromatic N) is 2. The predicted octanol–water partition coefficient (Wildman–Crippen LogP) is 4.07. The first kappa shape index (κ1) is 21.4. The van der Waals surface area contributed by atoms with Gasteiger partial charge >= 0.3 is 0 Å². The van der Waals surface area contributed by atoms with E-state index in [9.17, 15) is 9.59 Å². The monoisotopic (exact) mass is 414 g/mol. The number of hydrogen-bond acceptors (Lipinski definition) is 4. The van der Waals surface area contributed by atoms with Crippen LogP contribution in [-0.2, 0) is 16.0 Å². The summed E-state index contributed by atoms with van der Waals surface area (Å²) in [5, 5.41) is 2.08. The quantitative estimate of drug-likeness (QED) is 0.686. The van der Waals surface area contributed by atoms with E-state index in [0.29, 0.717) is 19.7 Å². The van der Waals surface area contributed by atoms with Crippen molar-refractivity contribution in [1.29, 1.82) is 0 Å². The van der Waals surface area contributed by atoms with Crippen LogP contribution in [0.4, 0.5) is 0 Å². The maximum atomic E-state index is 13.2. The van der Waals surface area contributed by atoms with Crippen molar-refractivity contribution in [3.05, 3.63) is 51.7 Å². The number of aryl methyl sites for hydroxylation is 1. The summed E-state index contributed by atoms with van der Waals surface area (Å²) in [6, 6.07) is 9.89. The topological polar surface area (TPSA) is 49.9 Å². The fourth-order valence-electron chi connectivity index (χ4n) is 3.73. The maximum Gasteiger partial charge on any atom is 0.242 e. The van der Waals surface area contributed by atoms with Crippen molar-refractivity contribution in [3.63, 3.8) is 0 Å². The fraction of sp³-hybridized carbons (Fsp3) is 0.478. The second-order valence-corrected chi connectivity index (χ2v) is 8.74. The number of carbonyl (C=O) groups excluding carboxylic acids is 2. The number of thiophene rings is 1. The molecule has 5 nitrogen and oxygen atoms in total. The van der Waals surface area contributed by atoms with Crippen LogP contribution in [-0.4, -0.2) is 47.9 Å². The van der Waals surface area contributed by atoms with E-state index in [1.165, 1.54) is 10.4 Å². The van der Waals surface area contributed by atoms with Gasteiger partial charge in [0.05, 0.1) is 12.6 Å². The molecule has 2 amide bonds. The van der Waals surface area contributed by atoms with Gasteiger partial charge in [0, 0.05) is 23.9 Å². The minimum atomic E-state index is -0.134. The van der Waals surface area contributed by atoms with Crippen molar-refractivity contribution in [2.24, 2.45) is 5.92 Å². The third-order valence-corrected chi connectivity index (χ3v) is 6.42. The van der Waals surface area contributed by atoms with Gasteiger partial charge in [0.1, 0.15) is 12.4 Å². The molecule has 0 aliphatic carbocycles. The van der Waals surface area contributed by atoms with Gasteiger partial charge in [0.25, 0.3) is 0 Å². The Hall–Kier alpha value is -2.34. The number of rotatable bonds is 7. The lowest BCUT2D eigenvalue weighted by atomic mass is 10.00. The first-order chi connectivity index (χ1) is 13.9. The molecule has 6 heteroatoms. The van der Waals surface area contributed by atoms with Gasteiger partial charge in [-0.25, -0.2) is 0 Å². The van der Waals surface area contributed by atoms with Gasteiger partial charge in [-0.15, -0.1) is 11.3 Å². The maximum absolute atomic E-state index is 13.2. The number of carbonyl (C=O) groups is 2. The van der Waals surface area contributed by atoms with Gasteiger partial charge in [-0.1, -0.05) is 32.0 Å². The van der Waals surface area contributed by atoms with Crippen molar-refractivity contribution in [1.82, 2.24) is 9.80 Å². The summed E-state index contributed by atoms with van der Waals surface area (Å²) in [5.74, 6) is 0.720. The van der Waals surface area contributed by atoms with Gasteiger partial charge in [-0.3, -0.25) is 9.59 Å². The highest BCUT2D eigenvalue weighted by Gasteiger charge is 2.33. The lowest BCUT2D eigenvalue weighted by Crippen LogP contribution is -2.48. The standard InChI is InChI=1S/C23H30N2O3S/c1-5-24(23(27)16(2)3)14-22(26)25-12-10-21-18(11-13-29-21)19(25)15-28-20-9-7-6-8-17(20)4/h6-9,11,13,16,19H,5,10,12,14-15H2,1-4H3/t19-/m0/s1. The minimum absolute atomic E-state index is 0.0155. The zero-order valence-electron chi connectivity index (χ0n) is 17.7. The Morgan fingerprint density at radius 1 is 1.28 bits per heavy atom. The summed E-state index contributed by atoms with van der Waals surface area (Å²) < 4.78 is 6.13. The Kier molecular flexibility index (Phi) is 6.96. The smallest absolute Gasteiger partial charge is 0.242 e. The summed E-state index contributed by atoms with van der Waals surface area (Å²) in [4.78, 5) is 30.5. The number of ether oxygens (including phenoxy) is 1. The zero-order valence-corrected chi connectivity index (χ0v) is 18.5. The molecule has 0 unspecified atom stereocenters. The van der Waals surface area contributed by atoms with E-state index in [4.69, 9.17) is 4.74 Å². The molecule has 0 radical (unpaired) electrons. The molecule has 1 aliphatic rings. The third kappa shape index (κ3) is 4.81. The van der Waals surface area contributed by atoms with Crippen molar-refractivity contribution in [2.75, 3.05) is 26.2 Å². The van der Waals surface area contributed by atoms with Crippen LogP contribution < -0.4 is 4.74 Å². The van der Waals surface area contributed by atoms with E-state index in [1.54, 1.807) is 16.2 Å². The number of hydrogen-bond donors (Lipinski definition) is 0. The van der Waals surface area contributed by atoms with Crippen LogP contribution in [0.25, 0.3) is 0 Å². The summed E-state index contributed by atoms with van der Waals surface area (Å²) in [6.45, 7) is 9.38. The number of likely N-dealkylation sites (N-methyl/N-ethyl adjacent to an activating group) is 1. The molecule has 0 saturated carbocycles. The van der Waals surface area contributed by atoms with E-state index in [-0.39, 0.29) is 30.3 Å². The fourth-order valence-corrected chi connectivity index (χ4v) is 4.65. The molecular formula is C23H30N2O3S. The number of amides is 2. The molecule has 29 heavy (non-hydrogen) atoms. The summed E-state index contributed by atoms with van der Waals surface area (Å²) in [5.41, 5.74) is 2.24. The van der Waals surface area contributed by atoms with E-state index in [2.05, 4.69) is 11.4 Å². The first-order valence-electron chi connectivity index (χ1n) is 10.2. The van der Waals surface area contributed by atoms with Crippen LogP contribution >= 0.6 is 11.3 Å². The SMILES string of the molecule is CCN(CC(=O)N1CCc2sccc2[C@@H]1COc1ccccc1C)C(=O)C(C)C. The normalized spacial score (nSPS) is 15.9. The Morgan fingerprint density at radius 3 is 2.72 bits per heavy atom. The predicted molar refractivity (Wildman–Crippen MR) is 116 cm³/mol. The van der Waals surface area contributed by atoms with Crippen LogP contribution in [0, 0.1) is 12.8 Å². The van der Waals surface area contributed by atoms with Crippen LogP contribution in [0.15, 0.2) is 35.7 Å². The largest absolute Gasteiger partial charge is 0.491 e. The van der Waals surface area contributed by atoms with Gasteiger partial charge in [-0.2, -0.15) is 0 Å². The second kappa shape index (κ2) is 9.44. The molecule has 3 rings (SSSR count). The molecule has 0 spiro atoms. The lowest BCUT2D eigenvalue weighted by molar-refractivity contribution is -0.144. The molecule has 2 aromatic rings. The van der Waals surface area contributed by atoms with Crippen LogP contribution in [0.3, 0.4) is 0 Å². The van der Waals surface area contributed by atoms with Gasteiger partial charge in [-0.05, 0) is 48.9 Å². The minimum Gasteiger partial charge on any atom is -0.491 e. The Bertz CT molecular complexity index is 861. The second-order valence-electron chi connectivity index (χ2n) is 7.74. The molecular weight excluding hydrogens is 384 g/mol. The van der Waals surface area contributed by atoms with Crippen molar-refractivity contribution < 1.29 is 14.3 Å². The molecule has 0 fully saturated rings. The van der Waals surface area contributed by atoms with Crippen molar-refractivity contribution in [2.45, 2.75) is 40.2 Å². The molecule has 1 atom stereocenters. The molecule has 0 N–H and O–H groups in total. The Labute approximate surface area is 177 Å². The van der Waals surface area contributed by atoms with Gasteiger partial charge in [0.15, 0.2) is 0 Å². The average molecular weight is 415 g/mol. The van der Waals surface area contributed by atoms with E-state index < -0.39 is 0 Å². The molecule has 2 heterocycles. The van der Waals surface area contributed by atoms with Crippen molar-refractivity contribution in [3.8, 4) is 5.75 Å². The zero-order chi connectivity index (χ0) is 21.0. The third-order valence-electron chi connectivity index (χ3n) is 5.42. The van der Waals surface area contributed by atoms with Crippen molar-refractivity contribution >= 4 is 23.2 Å². The number of benzene rings is 1. The molecule has 156 valence electrons. The van der Waals surface area contributed by atoms with E-state index in [1.807, 2.05) is 56.9 Å². The number of fused-ring (bicyclic) bond motifs is 1. The van der Waals surface area contributed by atoms with Gasteiger partial charge in [0.2, 0.25) is 11.8 Å². The van der Waals surface area contributed by atoms with E-state index in [0.717, 1.165) is 17.7 Å².